The largest absolute Gasteiger partial charge is 0.308 e. The van der Waals surface area contributed by atoms with Crippen LogP contribution in [-0.2, 0) is 0 Å². The van der Waals surface area contributed by atoms with E-state index in [1.165, 1.54) is 11.3 Å². The van der Waals surface area contributed by atoms with E-state index in [0.717, 1.165) is 15.6 Å². The van der Waals surface area contributed by atoms with Gasteiger partial charge in [-0.2, -0.15) is 0 Å². The van der Waals surface area contributed by atoms with E-state index < -0.39 is 0 Å². The summed E-state index contributed by atoms with van der Waals surface area (Å²) in [6.07, 6.45) is 0. The van der Waals surface area contributed by atoms with Crippen molar-refractivity contribution in [3.63, 3.8) is 0 Å². The molecule has 0 spiro atoms. The Balaban J connectivity index is 2.34. The summed E-state index contributed by atoms with van der Waals surface area (Å²) < 4.78 is 0. The second kappa shape index (κ2) is 3.96. The fraction of sp³-hybridized carbons (Fsp3) is 0. The van der Waals surface area contributed by atoms with Gasteiger partial charge in [-0.3, -0.25) is 0 Å². The van der Waals surface area contributed by atoms with Crippen LogP contribution in [0.3, 0.4) is 0 Å². The molecule has 1 aromatic carbocycles. The molecule has 1 heterocycles. The molecule has 0 radical (unpaired) electrons. The smallest absolute Gasteiger partial charge is 0.151 e. The standard InChI is InChI=1S/C9H8ClN3S/c10-7-3-1-6(2-4-7)9-12-8(13-11)5-14-9/h1-5,13H,11H2. The third-order valence-electron chi connectivity index (χ3n) is 1.74. The van der Waals surface area contributed by atoms with Crippen LogP contribution in [0.1, 0.15) is 0 Å². The van der Waals surface area contributed by atoms with Crippen molar-refractivity contribution in [2.75, 3.05) is 5.43 Å². The summed E-state index contributed by atoms with van der Waals surface area (Å²) in [4.78, 5) is 4.27. The zero-order valence-electron chi connectivity index (χ0n) is 7.20. The predicted octanol–water partition coefficient (Wildman–Crippen LogP) is 2.75. The van der Waals surface area contributed by atoms with Crippen LogP contribution in [0.2, 0.25) is 5.02 Å². The van der Waals surface area contributed by atoms with Gasteiger partial charge < -0.3 is 5.43 Å². The van der Waals surface area contributed by atoms with Gasteiger partial charge >= 0.3 is 0 Å². The van der Waals surface area contributed by atoms with Gasteiger partial charge in [-0.25, -0.2) is 10.8 Å². The molecule has 14 heavy (non-hydrogen) atoms. The van der Waals surface area contributed by atoms with Gasteiger partial charge in [0.1, 0.15) is 5.01 Å². The zero-order valence-corrected chi connectivity index (χ0v) is 8.77. The number of thiazole rings is 1. The number of hydrazine groups is 1. The maximum Gasteiger partial charge on any atom is 0.151 e. The first-order chi connectivity index (χ1) is 6.79. The fourth-order valence-corrected chi connectivity index (χ4v) is 1.96. The van der Waals surface area contributed by atoms with E-state index in [1.807, 2.05) is 29.6 Å². The number of nitrogens with one attached hydrogen (secondary N) is 1. The first-order valence-corrected chi connectivity index (χ1v) is 5.23. The molecule has 0 unspecified atom stereocenters. The highest BCUT2D eigenvalue weighted by atomic mass is 35.5. The quantitative estimate of drug-likeness (QED) is 0.611. The molecule has 0 fully saturated rings. The van der Waals surface area contributed by atoms with Crippen molar-refractivity contribution in [1.82, 2.24) is 4.98 Å². The molecule has 0 atom stereocenters. The Morgan fingerprint density at radius 3 is 2.57 bits per heavy atom. The maximum atomic E-state index is 5.78. The SMILES string of the molecule is NNc1csc(-c2ccc(Cl)cc2)n1. The van der Waals surface area contributed by atoms with Crippen molar-refractivity contribution in [2.24, 2.45) is 5.84 Å². The highest BCUT2D eigenvalue weighted by Crippen LogP contribution is 2.26. The monoisotopic (exact) mass is 225 g/mol. The van der Waals surface area contributed by atoms with Crippen LogP contribution < -0.4 is 11.3 Å². The maximum absolute atomic E-state index is 5.78. The summed E-state index contributed by atoms with van der Waals surface area (Å²) >= 11 is 7.32. The number of hydrogen-bond acceptors (Lipinski definition) is 4. The molecule has 0 bridgehead atoms. The summed E-state index contributed by atoms with van der Waals surface area (Å²) in [6.45, 7) is 0. The van der Waals surface area contributed by atoms with Crippen LogP contribution in [0.5, 0.6) is 0 Å². The fourth-order valence-electron chi connectivity index (χ4n) is 1.07. The predicted molar refractivity (Wildman–Crippen MR) is 60.4 cm³/mol. The minimum Gasteiger partial charge on any atom is -0.308 e. The number of nitrogen functional groups attached to an aromatic ring is 1. The molecule has 0 aliphatic heterocycles. The lowest BCUT2D eigenvalue weighted by atomic mass is 10.2. The van der Waals surface area contributed by atoms with Crippen molar-refractivity contribution < 1.29 is 0 Å². The molecule has 0 saturated heterocycles. The molecule has 2 aromatic rings. The van der Waals surface area contributed by atoms with Gasteiger partial charge in [0.15, 0.2) is 5.82 Å². The van der Waals surface area contributed by atoms with E-state index in [4.69, 9.17) is 17.4 Å². The number of halogens is 1. The van der Waals surface area contributed by atoms with Gasteiger partial charge in [0.05, 0.1) is 0 Å². The molecule has 0 saturated carbocycles. The second-order valence-corrected chi connectivity index (χ2v) is 3.98. The molecule has 0 aliphatic carbocycles. The summed E-state index contributed by atoms with van der Waals surface area (Å²) in [5.41, 5.74) is 3.54. The van der Waals surface area contributed by atoms with Crippen molar-refractivity contribution in [3.8, 4) is 10.6 Å². The van der Waals surface area contributed by atoms with Gasteiger partial charge in [0.25, 0.3) is 0 Å². The van der Waals surface area contributed by atoms with Crippen LogP contribution in [0.25, 0.3) is 10.6 Å². The van der Waals surface area contributed by atoms with E-state index in [-0.39, 0.29) is 0 Å². The second-order valence-electron chi connectivity index (χ2n) is 2.69. The molecule has 72 valence electrons. The lowest BCUT2D eigenvalue weighted by molar-refractivity contribution is 1.27. The summed E-state index contributed by atoms with van der Waals surface area (Å²) in [5.74, 6) is 5.92. The Kier molecular flexibility index (Phi) is 2.67. The van der Waals surface area contributed by atoms with Crippen LogP contribution in [-0.4, -0.2) is 4.98 Å². The number of benzene rings is 1. The van der Waals surface area contributed by atoms with Crippen LogP contribution >= 0.6 is 22.9 Å². The molecular weight excluding hydrogens is 218 g/mol. The Morgan fingerprint density at radius 1 is 1.29 bits per heavy atom. The van der Waals surface area contributed by atoms with Crippen molar-refractivity contribution in [3.05, 3.63) is 34.7 Å². The van der Waals surface area contributed by atoms with E-state index in [1.54, 1.807) is 0 Å². The minimum atomic E-state index is 0.681. The third kappa shape index (κ3) is 1.87. The first-order valence-electron chi connectivity index (χ1n) is 3.97. The Hall–Kier alpha value is -1.10. The van der Waals surface area contributed by atoms with Crippen LogP contribution in [0.15, 0.2) is 29.6 Å². The number of anilines is 1. The molecule has 3 nitrogen and oxygen atoms in total. The lowest BCUT2D eigenvalue weighted by Crippen LogP contribution is -2.06. The third-order valence-corrected chi connectivity index (χ3v) is 2.89. The van der Waals surface area contributed by atoms with Gasteiger partial charge in [0.2, 0.25) is 0 Å². The van der Waals surface area contributed by atoms with Crippen LogP contribution in [0.4, 0.5) is 5.82 Å². The van der Waals surface area contributed by atoms with Gasteiger partial charge in [-0.05, 0) is 12.1 Å². The van der Waals surface area contributed by atoms with Crippen molar-refractivity contribution in [2.45, 2.75) is 0 Å². The number of hydrogen-bond donors (Lipinski definition) is 2. The first kappa shape index (κ1) is 9.45. The van der Waals surface area contributed by atoms with Crippen molar-refractivity contribution in [1.29, 1.82) is 0 Å². The lowest BCUT2D eigenvalue weighted by Gasteiger charge is -1.95. The van der Waals surface area contributed by atoms with E-state index >= 15 is 0 Å². The highest BCUT2D eigenvalue weighted by Gasteiger charge is 2.02. The summed E-state index contributed by atoms with van der Waals surface area (Å²) in [7, 11) is 0. The zero-order chi connectivity index (χ0) is 9.97. The van der Waals surface area contributed by atoms with Gasteiger partial charge in [0, 0.05) is 16.0 Å². The molecule has 5 heteroatoms. The van der Waals surface area contributed by atoms with Gasteiger partial charge in [-0.1, -0.05) is 23.7 Å². The Bertz CT molecular complexity index is 424. The van der Waals surface area contributed by atoms with Crippen molar-refractivity contribution >= 4 is 28.8 Å². The average Bonchev–Trinajstić information content (AvgIpc) is 2.67. The van der Waals surface area contributed by atoms with E-state index in [2.05, 4.69) is 10.4 Å². The summed E-state index contributed by atoms with van der Waals surface area (Å²) in [6, 6.07) is 7.55. The normalized spacial score (nSPS) is 10.1. The summed E-state index contributed by atoms with van der Waals surface area (Å²) in [5, 5.41) is 3.52. The number of nitrogens with zero attached hydrogens (tertiary/aromatic N) is 1. The molecule has 3 N–H and O–H groups in total. The molecule has 0 aliphatic rings. The number of nitrogens with two attached hydrogens (primary N) is 1. The highest BCUT2D eigenvalue weighted by molar-refractivity contribution is 7.13. The Labute approximate surface area is 90.5 Å². The average molecular weight is 226 g/mol. The van der Waals surface area contributed by atoms with Crippen LogP contribution in [0, 0.1) is 0 Å². The minimum absolute atomic E-state index is 0.681. The molecule has 0 amide bonds. The Morgan fingerprint density at radius 2 is 2.00 bits per heavy atom. The molecule has 1 aromatic heterocycles. The number of aromatic nitrogens is 1. The number of rotatable bonds is 2. The topological polar surface area (TPSA) is 50.9 Å². The van der Waals surface area contributed by atoms with Gasteiger partial charge in [-0.15, -0.1) is 11.3 Å². The molecular formula is C9H8ClN3S. The van der Waals surface area contributed by atoms with E-state index in [0.29, 0.717) is 5.82 Å². The van der Waals surface area contributed by atoms with E-state index in [9.17, 15) is 0 Å². The molecule has 2 rings (SSSR count).